The van der Waals surface area contributed by atoms with Crippen LogP contribution in [0.4, 0.5) is 13.2 Å². The molecule has 1 aliphatic carbocycles. The van der Waals surface area contributed by atoms with E-state index in [9.17, 15) is 18.0 Å². The first-order valence-corrected chi connectivity index (χ1v) is 6.83. The Bertz CT molecular complexity index is 518. The van der Waals surface area contributed by atoms with Crippen molar-refractivity contribution in [2.45, 2.75) is 19.0 Å². The van der Waals surface area contributed by atoms with Crippen LogP contribution < -0.4 is 0 Å². The lowest BCUT2D eigenvalue weighted by molar-refractivity contribution is -0.115. The van der Waals surface area contributed by atoms with Crippen LogP contribution in [-0.2, 0) is 4.79 Å². The van der Waals surface area contributed by atoms with Gasteiger partial charge in [-0.2, -0.15) is 13.2 Å². The van der Waals surface area contributed by atoms with Gasteiger partial charge in [0.1, 0.15) is 0 Å². The van der Waals surface area contributed by atoms with Gasteiger partial charge in [-0.3, -0.25) is 4.79 Å². The summed E-state index contributed by atoms with van der Waals surface area (Å²) in [6.07, 6.45) is 3.60. The van der Waals surface area contributed by atoms with Gasteiger partial charge in [-0.1, -0.05) is 18.2 Å². The maximum Gasteiger partial charge on any atom is 0.435 e. The molecule has 0 spiro atoms. The highest BCUT2D eigenvalue weighted by atomic mass is 32.2. The molecule has 2 aliphatic rings. The highest BCUT2D eigenvalue weighted by Crippen LogP contribution is 2.37. The monoisotopic (exact) mass is 288 g/mol. The van der Waals surface area contributed by atoms with Crippen LogP contribution in [0.5, 0.6) is 0 Å². The van der Waals surface area contributed by atoms with Crippen LogP contribution in [0.3, 0.4) is 0 Å². The lowest BCUT2D eigenvalue weighted by Gasteiger charge is -2.16. The predicted molar refractivity (Wildman–Crippen MR) is 66.4 cm³/mol. The maximum atomic E-state index is 12.7. The first-order chi connectivity index (χ1) is 8.91. The Morgan fingerprint density at radius 3 is 2.68 bits per heavy atom. The molecule has 0 aromatic carbocycles. The number of halogens is 3. The van der Waals surface area contributed by atoms with Gasteiger partial charge in [-0.05, 0) is 25.0 Å². The molecule has 0 saturated heterocycles. The van der Waals surface area contributed by atoms with Crippen molar-refractivity contribution in [3.05, 3.63) is 34.4 Å². The standard InChI is InChI=1S/C12H11F3N2OS/c1-19-8-4-2-7(3-5-8)6-9-10(12(13,14)15)16-17-11(9)18/h2,4-5,7H,3,6H2,1H3. The van der Waals surface area contributed by atoms with Crippen LogP contribution in [0.1, 0.15) is 12.8 Å². The molecule has 1 amide bonds. The van der Waals surface area contributed by atoms with Crippen LogP contribution >= 0.6 is 11.8 Å². The van der Waals surface area contributed by atoms with Crippen molar-refractivity contribution >= 4 is 17.7 Å². The van der Waals surface area contributed by atoms with Gasteiger partial charge < -0.3 is 0 Å². The van der Waals surface area contributed by atoms with Gasteiger partial charge in [0.15, 0.2) is 5.70 Å². The highest BCUT2D eigenvalue weighted by molar-refractivity contribution is 8.02. The summed E-state index contributed by atoms with van der Waals surface area (Å²) in [7, 11) is 0. The van der Waals surface area contributed by atoms with Gasteiger partial charge in [-0.15, -0.1) is 22.0 Å². The molecule has 1 heterocycles. The molecule has 1 aliphatic heterocycles. The molecule has 0 radical (unpaired) electrons. The number of amides is 1. The molecular weight excluding hydrogens is 277 g/mol. The minimum Gasteiger partial charge on any atom is -0.265 e. The number of azo groups is 1. The fraction of sp³-hybridized carbons (Fsp3) is 0.417. The summed E-state index contributed by atoms with van der Waals surface area (Å²) in [6.45, 7) is 0. The van der Waals surface area contributed by atoms with E-state index in [-0.39, 0.29) is 17.9 Å². The number of hydrogen-bond donors (Lipinski definition) is 0. The van der Waals surface area contributed by atoms with Gasteiger partial charge in [0.25, 0.3) is 5.91 Å². The minimum atomic E-state index is -4.62. The van der Waals surface area contributed by atoms with E-state index in [2.05, 4.69) is 10.2 Å². The van der Waals surface area contributed by atoms with Gasteiger partial charge in [0.05, 0.1) is 5.57 Å². The quantitative estimate of drug-likeness (QED) is 0.787. The van der Waals surface area contributed by atoms with Crippen molar-refractivity contribution in [1.29, 1.82) is 0 Å². The van der Waals surface area contributed by atoms with Gasteiger partial charge >= 0.3 is 6.18 Å². The highest BCUT2D eigenvalue weighted by Gasteiger charge is 2.42. The van der Waals surface area contributed by atoms with Crippen molar-refractivity contribution in [2.24, 2.45) is 16.1 Å². The molecule has 1 atom stereocenters. The Balaban J connectivity index is 2.13. The van der Waals surface area contributed by atoms with Crippen molar-refractivity contribution in [3.63, 3.8) is 0 Å². The summed E-state index contributed by atoms with van der Waals surface area (Å²) in [5, 5.41) is 5.96. The second-order valence-electron chi connectivity index (χ2n) is 4.20. The summed E-state index contributed by atoms with van der Waals surface area (Å²) in [6, 6.07) is 0. The number of carbonyl (C=O) groups is 1. The SMILES string of the molecule is CSC1=CCC(CC2=C(C(F)(F)F)N=NC2=O)C=C1. The molecule has 0 saturated carbocycles. The zero-order valence-electron chi connectivity index (χ0n) is 10.1. The van der Waals surface area contributed by atoms with Crippen LogP contribution in [-0.4, -0.2) is 18.3 Å². The lowest BCUT2D eigenvalue weighted by atomic mass is 9.92. The van der Waals surface area contributed by atoms with Crippen LogP contribution in [0.15, 0.2) is 44.6 Å². The number of rotatable bonds is 3. The van der Waals surface area contributed by atoms with Crippen LogP contribution in [0.25, 0.3) is 0 Å². The van der Waals surface area contributed by atoms with E-state index in [0.717, 1.165) is 4.91 Å². The molecule has 102 valence electrons. The molecule has 0 fully saturated rings. The number of allylic oxidation sites excluding steroid dienone is 4. The number of nitrogens with zero attached hydrogens (tertiary/aromatic N) is 2. The molecule has 0 aromatic heterocycles. The average Bonchev–Trinajstić information content (AvgIpc) is 2.72. The third kappa shape index (κ3) is 3.15. The number of hydrogen-bond acceptors (Lipinski definition) is 3. The Morgan fingerprint density at radius 1 is 1.42 bits per heavy atom. The molecule has 19 heavy (non-hydrogen) atoms. The second kappa shape index (κ2) is 5.32. The molecule has 7 heteroatoms. The first-order valence-electron chi connectivity index (χ1n) is 5.60. The Kier molecular flexibility index (Phi) is 3.93. The van der Waals surface area contributed by atoms with E-state index in [1.54, 1.807) is 11.8 Å². The van der Waals surface area contributed by atoms with Crippen molar-refractivity contribution < 1.29 is 18.0 Å². The molecule has 0 N–H and O–H groups in total. The minimum absolute atomic E-state index is 0.0232. The average molecular weight is 288 g/mol. The first kappa shape index (κ1) is 14.0. The van der Waals surface area contributed by atoms with Crippen molar-refractivity contribution in [1.82, 2.24) is 0 Å². The Morgan fingerprint density at radius 2 is 2.16 bits per heavy atom. The van der Waals surface area contributed by atoms with E-state index in [0.29, 0.717) is 6.42 Å². The third-order valence-electron chi connectivity index (χ3n) is 2.91. The molecule has 1 unspecified atom stereocenters. The molecular formula is C12H11F3N2OS. The van der Waals surface area contributed by atoms with Crippen LogP contribution in [0.2, 0.25) is 0 Å². The molecule has 0 bridgehead atoms. The van der Waals surface area contributed by atoms with Gasteiger partial charge in [0.2, 0.25) is 0 Å². The fourth-order valence-electron chi connectivity index (χ4n) is 1.94. The number of carbonyl (C=O) groups excluding carboxylic acids is 1. The molecule has 2 rings (SSSR count). The molecule has 3 nitrogen and oxygen atoms in total. The normalized spacial score (nSPS) is 23.3. The fourth-order valence-corrected chi connectivity index (χ4v) is 2.42. The lowest BCUT2D eigenvalue weighted by Crippen LogP contribution is -2.14. The Labute approximate surface area is 112 Å². The van der Waals surface area contributed by atoms with E-state index >= 15 is 0 Å². The summed E-state index contributed by atoms with van der Waals surface area (Å²) in [5.74, 6) is -0.990. The summed E-state index contributed by atoms with van der Waals surface area (Å²) >= 11 is 1.57. The Hall–Kier alpha value is -1.37. The summed E-state index contributed by atoms with van der Waals surface area (Å²) < 4.78 is 38.0. The zero-order valence-corrected chi connectivity index (χ0v) is 10.9. The van der Waals surface area contributed by atoms with Crippen LogP contribution in [0, 0.1) is 5.92 Å². The van der Waals surface area contributed by atoms with Gasteiger partial charge in [-0.25, -0.2) is 0 Å². The van der Waals surface area contributed by atoms with E-state index in [1.165, 1.54) is 0 Å². The summed E-state index contributed by atoms with van der Waals surface area (Å²) in [4.78, 5) is 12.4. The summed E-state index contributed by atoms with van der Waals surface area (Å²) in [5.41, 5.74) is -1.48. The van der Waals surface area contributed by atoms with E-state index < -0.39 is 17.8 Å². The molecule has 0 aromatic rings. The smallest absolute Gasteiger partial charge is 0.265 e. The largest absolute Gasteiger partial charge is 0.435 e. The topological polar surface area (TPSA) is 41.8 Å². The van der Waals surface area contributed by atoms with E-state index in [1.807, 2.05) is 24.5 Å². The van der Waals surface area contributed by atoms with E-state index in [4.69, 9.17) is 0 Å². The van der Waals surface area contributed by atoms with Crippen molar-refractivity contribution in [3.8, 4) is 0 Å². The second-order valence-corrected chi connectivity index (χ2v) is 5.08. The number of thioether (sulfide) groups is 1. The third-order valence-corrected chi connectivity index (χ3v) is 3.68. The predicted octanol–water partition coefficient (Wildman–Crippen LogP) is 4.01. The number of alkyl halides is 3. The zero-order chi connectivity index (χ0) is 14.0. The van der Waals surface area contributed by atoms with Crippen molar-refractivity contribution in [2.75, 3.05) is 6.26 Å². The van der Waals surface area contributed by atoms with Gasteiger partial charge in [0, 0.05) is 4.91 Å². The maximum absolute atomic E-state index is 12.7.